The predicted octanol–water partition coefficient (Wildman–Crippen LogP) is 7.92. The average Bonchev–Trinajstić information content (AvgIpc) is 2.83. The molecule has 0 heterocycles. The summed E-state index contributed by atoms with van der Waals surface area (Å²) < 4.78 is 6.41. The monoisotopic (exact) mass is 469 g/mol. The van der Waals surface area contributed by atoms with Gasteiger partial charge in [0.05, 0.1) is 5.69 Å². The molecule has 0 aliphatic rings. The molecule has 35 heavy (non-hydrogen) atoms. The number of ether oxygens (including phenoxy) is 1. The average molecular weight is 470 g/mol. The zero-order valence-corrected chi connectivity index (χ0v) is 21.0. The van der Waals surface area contributed by atoms with Crippen LogP contribution < -0.4 is 9.64 Å². The highest BCUT2D eigenvalue weighted by Gasteiger charge is 2.23. The van der Waals surface area contributed by atoms with Gasteiger partial charge in [-0.1, -0.05) is 12.1 Å². The van der Waals surface area contributed by atoms with Gasteiger partial charge in [0, 0.05) is 17.4 Å². The molecule has 4 aromatic carbocycles. The van der Waals surface area contributed by atoms with Gasteiger partial charge in [0.15, 0.2) is 5.75 Å². The molecule has 0 unspecified atom stereocenters. The van der Waals surface area contributed by atoms with Crippen molar-refractivity contribution in [1.29, 1.82) is 0 Å². The third-order valence-corrected chi connectivity index (χ3v) is 6.87. The van der Waals surface area contributed by atoms with Crippen molar-refractivity contribution >= 4 is 17.1 Å². The zero-order chi connectivity index (χ0) is 25.4. The van der Waals surface area contributed by atoms with E-state index in [0.29, 0.717) is 11.5 Å². The second-order valence-electron chi connectivity index (χ2n) is 9.00. The van der Waals surface area contributed by atoms with E-state index < -0.39 is 0 Å². The first-order chi connectivity index (χ1) is 16.6. The lowest BCUT2D eigenvalue weighted by Gasteiger charge is -2.31. The second kappa shape index (κ2) is 9.26. The van der Waals surface area contributed by atoms with Gasteiger partial charge in [-0.05, 0) is 117 Å². The Morgan fingerprint density at radius 1 is 0.543 bits per heavy atom. The normalized spacial score (nSPS) is 10.9. The Hall–Kier alpha value is -4.12. The number of hydrogen-bond donors (Lipinski definition) is 3. The molecule has 0 aliphatic carbocycles. The van der Waals surface area contributed by atoms with Crippen molar-refractivity contribution in [3.05, 3.63) is 94.0 Å². The van der Waals surface area contributed by atoms with Gasteiger partial charge in [-0.3, -0.25) is 0 Å². The molecule has 5 nitrogen and oxygen atoms in total. The third kappa shape index (κ3) is 4.37. The lowest BCUT2D eigenvalue weighted by Crippen LogP contribution is -2.14. The van der Waals surface area contributed by atoms with Gasteiger partial charge < -0.3 is 25.0 Å². The molecule has 0 spiro atoms. The van der Waals surface area contributed by atoms with E-state index >= 15 is 0 Å². The molecule has 0 aromatic heterocycles. The van der Waals surface area contributed by atoms with Crippen LogP contribution in [0.15, 0.2) is 60.7 Å². The number of nitrogens with zero attached hydrogens (tertiary/aromatic N) is 1. The third-order valence-electron chi connectivity index (χ3n) is 6.87. The lowest BCUT2D eigenvalue weighted by atomic mass is 10.0. The number of hydrogen-bond acceptors (Lipinski definition) is 5. The van der Waals surface area contributed by atoms with Crippen molar-refractivity contribution in [2.75, 3.05) is 4.90 Å². The van der Waals surface area contributed by atoms with E-state index in [1.165, 1.54) is 0 Å². The number of para-hydroxylation sites is 2. The quantitative estimate of drug-likeness (QED) is 0.277. The Balaban J connectivity index is 1.98. The minimum absolute atomic E-state index is 0.146. The molecule has 0 bridgehead atoms. The van der Waals surface area contributed by atoms with Crippen LogP contribution in [-0.2, 0) is 0 Å². The van der Waals surface area contributed by atoms with Crippen LogP contribution in [0.3, 0.4) is 0 Å². The molecule has 0 radical (unpaired) electrons. The van der Waals surface area contributed by atoms with Gasteiger partial charge in [0.25, 0.3) is 0 Å². The number of benzene rings is 4. The summed E-state index contributed by atoms with van der Waals surface area (Å²) in [5, 5.41) is 30.8. The summed E-state index contributed by atoms with van der Waals surface area (Å²) in [6.45, 7) is 11.6. The fourth-order valence-corrected chi connectivity index (χ4v) is 4.22. The molecule has 5 heteroatoms. The maximum atomic E-state index is 10.3. The Kier molecular flexibility index (Phi) is 6.35. The number of anilines is 3. The van der Waals surface area contributed by atoms with Gasteiger partial charge in [-0.2, -0.15) is 0 Å². The first-order valence-electron chi connectivity index (χ1n) is 11.6. The minimum atomic E-state index is 0.146. The van der Waals surface area contributed by atoms with E-state index in [4.69, 9.17) is 4.74 Å². The van der Waals surface area contributed by atoms with Gasteiger partial charge in [-0.15, -0.1) is 0 Å². The molecule has 0 amide bonds. The predicted molar refractivity (Wildman–Crippen MR) is 141 cm³/mol. The van der Waals surface area contributed by atoms with Crippen LogP contribution in [0.5, 0.6) is 28.7 Å². The zero-order valence-electron chi connectivity index (χ0n) is 21.0. The summed E-state index contributed by atoms with van der Waals surface area (Å²) in [4.78, 5) is 2.09. The highest BCUT2D eigenvalue weighted by molar-refractivity contribution is 5.85. The van der Waals surface area contributed by atoms with Crippen molar-refractivity contribution < 1.29 is 20.1 Å². The second-order valence-corrected chi connectivity index (χ2v) is 9.00. The van der Waals surface area contributed by atoms with Crippen LogP contribution in [0.1, 0.15) is 33.4 Å². The van der Waals surface area contributed by atoms with Crippen LogP contribution in [0.25, 0.3) is 0 Å². The SMILES string of the molecule is Cc1cc(O)cc(Oc2ccccc2N(c2ccc(O)c(C)c2C)c2ccc(O)c(C)c2C)c1C. The smallest absolute Gasteiger partial charge is 0.151 e. The van der Waals surface area contributed by atoms with Crippen LogP contribution in [0, 0.1) is 41.5 Å². The first-order valence-corrected chi connectivity index (χ1v) is 11.6. The molecule has 4 rings (SSSR count). The molecule has 3 N–H and O–H groups in total. The maximum Gasteiger partial charge on any atom is 0.151 e. The van der Waals surface area contributed by atoms with Crippen LogP contribution in [-0.4, -0.2) is 15.3 Å². The van der Waals surface area contributed by atoms with E-state index in [9.17, 15) is 15.3 Å². The van der Waals surface area contributed by atoms with Crippen molar-refractivity contribution in [3.8, 4) is 28.7 Å². The standard InChI is InChI=1S/C30H31NO4/c1-17-15-23(32)16-30(18(17)2)35-29-10-8-7-9-26(29)31(24-11-13-27(33)21(5)19(24)3)25-12-14-28(34)22(6)20(25)4/h7-16,32-34H,1-6H3. The van der Waals surface area contributed by atoms with Crippen molar-refractivity contribution in [3.63, 3.8) is 0 Å². The van der Waals surface area contributed by atoms with E-state index in [-0.39, 0.29) is 17.2 Å². The Labute approximate surface area is 206 Å². The van der Waals surface area contributed by atoms with Gasteiger partial charge >= 0.3 is 0 Å². The largest absolute Gasteiger partial charge is 0.508 e. The molecular weight excluding hydrogens is 438 g/mol. The minimum Gasteiger partial charge on any atom is -0.508 e. The van der Waals surface area contributed by atoms with Crippen LogP contribution in [0.4, 0.5) is 17.1 Å². The number of aromatic hydroxyl groups is 3. The van der Waals surface area contributed by atoms with Crippen molar-refractivity contribution in [2.45, 2.75) is 41.5 Å². The number of aryl methyl sites for hydroxylation is 1. The van der Waals surface area contributed by atoms with Crippen LogP contribution >= 0.6 is 0 Å². The summed E-state index contributed by atoms with van der Waals surface area (Å²) in [6.07, 6.45) is 0. The summed E-state index contributed by atoms with van der Waals surface area (Å²) in [5.41, 5.74) is 7.86. The van der Waals surface area contributed by atoms with E-state index in [1.54, 1.807) is 24.3 Å². The summed E-state index contributed by atoms with van der Waals surface area (Å²) >= 11 is 0. The van der Waals surface area contributed by atoms with Crippen molar-refractivity contribution in [2.24, 2.45) is 0 Å². The maximum absolute atomic E-state index is 10.3. The van der Waals surface area contributed by atoms with Gasteiger partial charge in [0.1, 0.15) is 23.0 Å². The Bertz CT molecular complexity index is 1370. The molecule has 180 valence electrons. The number of phenolic OH excluding ortho intramolecular Hbond substituents is 3. The molecule has 0 saturated heterocycles. The molecule has 4 aromatic rings. The molecule has 0 aliphatic heterocycles. The highest BCUT2D eigenvalue weighted by atomic mass is 16.5. The number of phenols is 3. The number of rotatable bonds is 5. The molecule has 0 atom stereocenters. The Morgan fingerprint density at radius 2 is 1.09 bits per heavy atom. The van der Waals surface area contributed by atoms with Crippen molar-refractivity contribution in [1.82, 2.24) is 0 Å². The van der Waals surface area contributed by atoms with Crippen LogP contribution in [0.2, 0.25) is 0 Å². The summed E-state index contributed by atoms with van der Waals surface area (Å²) in [5.74, 6) is 1.80. The Morgan fingerprint density at radius 3 is 1.66 bits per heavy atom. The van der Waals surface area contributed by atoms with E-state index in [2.05, 4.69) is 4.90 Å². The summed E-state index contributed by atoms with van der Waals surface area (Å²) in [7, 11) is 0. The van der Waals surface area contributed by atoms with Gasteiger partial charge in [0.2, 0.25) is 0 Å². The first kappa shape index (κ1) is 24.0. The van der Waals surface area contributed by atoms with Gasteiger partial charge in [-0.25, -0.2) is 0 Å². The topological polar surface area (TPSA) is 73.2 Å². The highest BCUT2D eigenvalue weighted by Crippen LogP contribution is 2.46. The van der Waals surface area contributed by atoms with E-state index in [0.717, 1.165) is 50.4 Å². The molecular formula is C30H31NO4. The molecule has 0 fully saturated rings. The fourth-order valence-electron chi connectivity index (χ4n) is 4.22. The molecule has 0 saturated carbocycles. The summed E-state index contributed by atoms with van der Waals surface area (Å²) in [6, 6.07) is 18.2. The lowest BCUT2D eigenvalue weighted by molar-refractivity contribution is 0.452. The van der Waals surface area contributed by atoms with E-state index in [1.807, 2.05) is 77.9 Å². The fraction of sp³-hybridized carbons (Fsp3) is 0.200.